The average Bonchev–Trinajstić information content (AvgIpc) is 2.81. The summed E-state index contributed by atoms with van der Waals surface area (Å²) in [5.74, 6) is -1.13. The van der Waals surface area contributed by atoms with Crippen molar-refractivity contribution in [3.63, 3.8) is 0 Å². The standard InChI is InChI=1S/C15H20N4O4/c1-11(2)17(9-7-14(21)22)13(20)6-10-19-15(23)18-8-4-3-5-12(18)16-19/h3-5,8,11H,6-7,9-10H2,1-2H3,(H,21,22). The number of aromatic nitrogens is 3. The van der Waals surface area contributed by atoms with E-state index in [1.807, 2.05) is 13.8 Å². The van der Waals surface area contributed by atoms with E-state index in [1.165, 1.54) is 14.0 Å². The zero-order chi connectivity index (χ0) is 17.0. The summed E-state index contributed by atoms with van der Waals surface area (Å²) in [7, 11) is 0. The number of hydrogen-bond donors (Lipinski definition) is 1. The minimum atomic E-state index is -0.944. The molecule has 0 spiro atoms. The number of carbonyl (C=O) groups excluding carboxylic acids is 1. The molecule has 23 heavy (non-hydrogen) atoms. The third kappa shape index (κ3) is 3.97. The van der Waals surface area contributed by atoms with Crippen LogP contribution in [0.2, 0.25) is 0 Å². The van der Waals surface area contributed by atoms with Crippen LogP contribution >= 0.6 is 0 Å². The Kier molecular flexibility index (Phi) is 5.15. The van der Waals surface area contributed by atoms with Crippen LogP contribution in [0.5, 0.6) is 0 Å². The number of aryl methyl sites for hydroxylation is 1. The summed E-state index contributed by atoms with van der Waals surface area (Å²) in [4.78, 5) is 36.6. The Balaban J connectivity index is 2.05. The minimum Gasteiger partial charge on any atom is -0.481 e. The summed E-state index contributed by atoms with van der Waals surface area (Å²) in [6, 6.07) is 5.13. The van der Waals surface area contributed by atoms with Crippen LogP contribution in [0.25, 0.3) is 5.65 Å². The lowest BCUT2D eigenvalue weighted by atomic mass is 10.2. The number of amides is 1. The highest BCUT2D eigenvalue weighted by Gasteiger charge is 2.18. The van der Waals surface area contributed by atoms with Crippen LogP contribution in [0.1, 0.15) is 26.7 Å². The van der Waals surface area contributed by atoms with Crippen molar-refractivity contribution in [2.45, 2.75) is 39.3 Å². The highest BCUT2D eigenvalue weighted by Crippen LogP contribution is 2.05. The Morgan fingerprint density at radius 2 is 2.04 bits per heavy atom. The topological polar surface area (TPSA) is 96.9 Å². The van der Waals surface area contributed by atoms with Crippen molar-refractivity contribution in [2.24, 2.45) is 0 Å². The number of pyridine rings is 1. The molecule has 2 aromatic heterocycles. The monoisotopic (exact) mass is 320 g/mol. The highest BCUT2D eigenvalue weighted by molar-refractivity contribution is 5.77. The van der Waals surface area contributed by atoms with Gasteiger partial charge in [0.15, 0.2) is 5.65 Å². The second kappa shape index (κ2) is 7.08. The van der Waals surface area contributed by atoms with Crippen LogP contribution in [0.4, 0.5) is 0 Å². The van der Waals surface area contributed by atoms with E-state index in [0.29, 0.717) is 5.65 Å². The molecule has 8 nitrogen and oxygen atoms in total. The van der Waals surface area contributed by atoms with E-state index in [2.05, 4.69) is 5.10 Å². The van der Waals surface area contributed by atoms with E-state index in [4.69, 9.17) is 5.11 Å². The van der Waals surface area contributed by atoms with Crippen LogP contribution in [0.15, 0.2) is 29.2 Å². The quantitative estimate of drug-likeness (QED) is 0.805. The largest absolute Gasteiger partial charge is 0.481 e. The molecule has 0 aromatic carbocycles. The molecule has 0 bridgehead atoms. The molecule has 0 fully saturated rings. The molecule has 2 heterocycles. The molecular formula is C15H20N4O4. The van der Waals surface area contributed by atoms with Gasteiger partial charge in [-0.15, -0.1) is 5.10 Å². The van der Waals surface area contributed by atoms with Crippen LogP contribution in [0, 0.1) is 0 Å². The maximum atomic E-state index is 12.3. The van der Waals surface area contributed by atoms with E-state index in [-0.39, 0.29) is 43.6 Å². The van der Waals surface area contributed by atoms with Crippen LogP contribution in [-0.4, -0.2) is 48.7 Å². The molecule has 0 atom stereocenters. The molecule has 1 N–H and O–H groups in total. The maximum absolute atomic E-state index is 12.3. The van der Waals surface area contributed by atoms with Crippen LogP contribution < -0.4 is 5.69 Å². The van der Waals surface area contributed by atoms with Gasteiger partial charge in [0, 0.05) is 25.2 Å². The molecular weight excluding hydrogens is 300 g/mol. The van der Waals surface area contributed by atoms with Crippen molar-refractivity contribution >= 4 is 17.5 Å². The zero-order valence-electron chi connectivity index (χ0n) is 13.2. The summed E-state index contributed by atoms with van der Waals surface area (Å²) < 4.78 is 2.66. The first-order valence-electron chi connectivity index (χ1n) is 7.45. The van der Waals surface area contributed by atoms with Gasteiger partial charge in [-0.25, -0.2) is 9.48 Å². The average molecular weight is 320 g/mol. The van der Waals surface area contributed by atoms with Gasteiger partial charge >= 0.3 is 11.7 Å². The van der Waals surface area contributed by atoms with Gasteiger partial charge in [0.05, 0.1) is 13.0 Å². The second-order valence-corrected chi connectivity index (χ2v) is 5.51. The molecule has 0 aliphatic heterocycles. The van der Waals surface area contributed by atoms with Crippen LogP contribution in [-0.2, 0) is 16.1 Å². The maximum Gasteiger partial charge on any atom is 0.350 e. The normalized spacial score (nSPS) is 11.1. The lowest BCUT2D eigenvalue weighted by Gasteiger charge is -2.26. The van der Waals surface area contributed by atoms with Crippen LogP contribution in [0.3, 0.4) is 0 Å². The predicted octanol–water partition coefficient (Wildman–Crippen LogP) is 0.598. The molecule has 0 radical (unpaired) electrons. The smallest absolute Gasteiger partial charge is 0.350 e. The van der Waals surface area contributed by atoms with Gasteiger partial charge in [-0.1, -0.05) is 6.07 Å². The molecule has 124 valence electrons. The number of carboxylic acids is 1. The van der Waals surface area contributed by atoms with Gasteiger partial charge in [0.25, 0.3) is 0 Å². The lowest BCUT2D eigenvalue weighted by molar-refractivity contribution is -0.139. The summed E-state index contributed by atoms with van der Waals surface area (Å²) in [6.07, 6.45) is 1.62. The van der Waals surface area contributed by atoms with Gasteiger partial charge in [-0.2, -0.15) is 0 Å². The first-order chi connectivity index (χ1) is 10.9. The van der Waals surface area contributed by atoms with E-state index in [9.17, 15) is 14.4 Å². The third-order valence-corrected chi connectivity index (χ3v) is 3.54. The Morgan fingerprint density at radius 3 is 2.65 bits per heavy atom. The van der Waals surface area contributed by atoms with Crippen molar-refractivity contribution < 1.29 is 14.7 Å². The molecule has 2 rings (SSSR count). The number of aliphatic carboxylic acids is 1. The first kappa shape index (κ1) is 16.7. The molecule has 0 aliphatic carbocycles. The molecule has 1 amide bonds. The first-order valence-corrected chi connectivity index (χ1v) is 7.45. The number of nitrogens with zero attached hydrogens (tertiary/aromatic N) is 4. The van der Waals surface area contributed by atoms with Gasteiger partial charge in [0.2, 0.25) is 5.91 Å². The van der Waals surface area contributed by atoms with Crippen molar-refractivity contribution in [3.8, 4) is 0 Å². The second-order valence-electron chi connectivity index (χ2n) is 5.51. The van der Waals surface area contributed by atoms with Gasteiger partial charge in [-0.05, 0) is 26.0 Å². The fourth-order valence-corrected chi connectivity index (χ4v) is 2.35. The minimum absolute atomic E-state index is 0.0976. The highest BCUT2D eigenvalue weighted by atomic mass is 16.4. The number of rotatable bonds is 7. The number of fused-ring (bicyclic) bond motifs is 1. The van der Waals surface area contributed by atoms with E-state index >= 15 is 0 Å². The molecule has 2 aromatic rings. The van der Waals surface area contributed by atoms with Crippen molar-refractivity contribution in [1.82, 2.24) is 19.1 Å². The zero-order valence-corrected chi connectivity index (χ0v) is 13.2. The summed E-state index contributed by atoms with van der Waals surface area (Å²) in [6.45, 7) is 3.98. The lowest BCUT2D eigenvalue weighted by Crippen LogP contribution is -2.39. The number of carboxylic acid groups (broad SMARTS) is 1. The molecule has 0 aliphatic rings. The summed E-state index contributed by atoms with van der Waals surface area (Å²) in [5, 5.41) is 12.9. The molecule has 0 unspecified atom stereocenters. The Morgan fingerprint density at radius 1 is 1.30 bits per heavy atom. The summed E-state index contributed by atoms with van der Waals surface area (Å²) >= 11 is 0. The SMILES string of the molecule is CC(C)N(CCC(=O)O)C(=O)CCn1nc2ccccn2c1=O. The Labute approximate surface area is 132 Å². The van der Waals surface area contributed by atoms with Crippen molar-refractivity contribution in [1.29, 1.82) is 0 Å². The Hall–Kier alpha value is -2.64. The fourth-order valence-electron chi connectivity index (χ4n) is 2.35. The van der Waals surface area contributed by atoms with E-state index < -0.39 is 5.97 Å². The predicted molar refractivity (Wildman–Crippen MR) is 83.2 cm³/mol. The fraction of sp³-hybridized carbons (Fsp3) is 0.467. The third-order valence-electron chi connectivity index (χ3n) is 3.54. The van der Waals surface area contributed by atoms with Gasteiger partial charge in [0.1, 0.15) is 0 Å². The van der Waals surface area contributed by atoms with E-state index in [1.54, 1.807) is 24.4 Å². The molecule has 0 saturated heterocycles. The van der Waals surface area contributed by atoms with Crippen molar-refractivity contribution in [2.75, 3.05) is 6.54 Å². The number of carbonyl (C=O) groups is 2. The Bertz CT molecular complexity index is 762. The molecule has 8 heteroatoms. The van der Waals surface area contributed by atoms with Gasteiger partial charge < -0.3 is 10.0 Å². The van der Waals surface area contributed by atoms with E-state index in [0.717, 1.165) is 0 Å². The molecule has 0 saturated carbocycles. The van der Waals surface area contributed by atoms with Crippen molar-refractivity contribution in [3.05, 3.63) is 34.9 Å². The van der Waals surface area contributed by atoms with Gasteiger partial charge in [-0.3, -0.25) is 14.0 Å². The number of hydrogen-bond acceptors (Lipinski definition) is 4. The summed E-state index contributed by atoms with van der Waals surface area (Å²) in [5.41, 5.74) is 0.228.